The number of rotatable bonds is 2. The van der Waals surface area contributed by atoms with E-state index < -0.39 is 18.0 Å². The summed E-state index contributed by atoms with van der Waals surface area (Å²) in [7, 11) is 0. The number of anilines is 1. The Bertz CT molecular complexity index is 617. The van der Waals surface area contributed by atoms with E-state index in [-0.39, 0.29) is 0 Å². The van der Waals surface area contributed by atoms with Crippen LogP contribution in [0.2, 0.25) is 0 Å². The molecule has 0 bridgehead atoms. The van der Waals surface area contributed by atoms with Gasteiger partial charge in [-0.2, -0.15) is 17.0 Å². The van der Waals surface area contributed by atoms with Gasteiger partial charge in [-0.15, -0.1) is 0 Å². The van der Waals surface area contributed by atoms with E-state index in [0.717, 1.165) is 0 Å². The van der Waals surface area contributed by atoms with Crippen LogP contribution in [-0.4, -0.2) is 46.1 Å². The molecule has 0 spiro atoms. The molecule has 6 nitrogen and oxygen atoms in total. The van der Waals surface area contributed by atoms with Gasteiger partial charge < -0.3 is 15.3 Å². The highest BCUT2D eigenvalue weighted by Gasteiger charge is 2.32. The van der Waals surface area contributed by atoms with Crippen LogP contribution in [0.15, 0.2) is 22.7 Å². The van der Waals surface area contributed by atoms with Gasteiger partial charge in [0.15, 0.2) is 0 Å². The predicted octanol–water partition coefficient (Wildman–Crippen LogP) is 2.35. The van der Waals surface area contributed by atoms with E-state index >= 15 is 0 Å². The highest BCUT2D eigenvalue weighted by Crippen LogP contribution is 2.25. The molecule has 1 unspecified atom stereocenters. The monoisotopic (exact) mass is 369 g/mol. The van der Waals surface area contributed by atoms with Crippen molar-refractivity contribution in [3.8, 4) is 6.07 Å². The van der Waals surface area contributed by atoms with Crippen molar-refractivity contribution in [2.75, 3.05) is 23.4 Å². The van der Waals surface area contributed by atoms with Crippen molar-refractivity contribution in [3.63, 3.8) is 0 Å². The Kier molecular flexibility index (Phi) is 5.09. The molecule has 1 aromatic carbocycles. The van der Waals surface area contributed by atoms with Gasteiger partial charge in [0.2, 0.25) is 0 Å². The van der Waals surface area contributed by atoms with Crippen molar-refractivity contribution in [1.82, 2.24) is 4.90 Å². The largest absolute Gasteiger partial charge is 0.480 e. The number of benzene rings is 1. The number of amides is 2. The summed E-state index contributed by atoms with van der Waals surface area (Å²) in [4.78, 5) is 24.8. The number of nitrogens with one attached hydrogen (secondary N) is 1. The minimum Gasteiger partial charge on any atom is -0.480 e. The third kappa shape index (κ3) is 3.68. The maximum atomic E-state index is 12.2. The van der Waals surface area contributed by atoms with Crippen LogP contribution >= 0.6 is 27.7 Å². The Hall–Kier alpha value is -1.72. The summed E-state index contributed by atoms with van der Waals surface area (Å²) in [6.45, 7) is 0.390. The zero-order valence-corrected chi connectivity index (χ0v) is 13.3. The fourth-order valence-electron chi connectivity index (χ4n) is 1.92. The molecule has 0 aromatic heterocycles. The Morgan fingerprint density at radius 2 is 2.29 bits per heavy atom. The molecule has 21 heavy (non-hydrogen) atoms. The highest BCUT2D eigenvalue weighted by atomic mass is 79.9. The van der Waals surface area contributed by atoms with E-state index in [4.69, 9.17) is 10.4 Å². The number of aliphatic carboxylic acids is 1. The third-order valence-electron chi connectivity index (χ3n) is 3.01. The Labute approximate surface area is 134 Å². The molecule has 2 N–H and O–H groups in total. The molecule has 0 radical (unpaired) electrons. The van der Waals surface area contributed by atoms with Gasteiger partial charge in [0.25, 0.3) is 0 Å². The normalized spacial score (nSPS) is 17.9. The number of carbonyl (C=O) groups is 2. The van der Waals surface area contributed by atoms with Crippen LogP contribution in [0.3, 0.4) is 0 Å². The Balaban J connectivity index is 2.13. The van der Waals surface area contributed by atoms with Crippen molar-refractivity contribution in [3.05, 3.63) is 28.2 Å². The number of thioether (sulfide) groups is 1. The van der Waals surface area contributed by atoms with Crippen molar-refractivity contribution in [2.24, 2.45) is 0 Å². The smallest absolute Gasteiger partial charge is 0.327 e. The molecular weight excluding hydrogens is 358 g/mol. The summed E-state index contributed by atoms with van der Waals surface area (Å²) in [5, 5.41) is 20.6. The number of hydrogen-bond acceptors (Lipinski definition) is 4. The molecule has 1 heterocycles. The van der Waals surface area contributed by atoms with Gasteiger partial charge in [0.1, 0.15) is 6.04 Å². The molecule has 8 heteroatoms. The number of carboxylic acids is 1. The summed E-state index contributed by atoms with van der Waals surface area (Å²) in [6.07, 6.45) is 0. The zero-order chi connectivity index (χ0) is 15.4. The van der Waals surface area contributed by atoms with Crippen LogP contribution in [0.5, 0.6) is 0 Å². The molecule has 110 valence electrons. The highest BCUT2D eigenvalue weighted by molar-refractivity contribution is 9.10. The number of carboxylic acid groups (broad SMARTS) is 1. The van der Waals surface area contributed by atoms with Crippen LogP contribution in [0.1, 0.15) is 5.56 Å². The predicted molar refractivity (Wildman–Crippen MR) is 83.3 cm³/mol. The second-order valence-corrected chi connectivity index (χ2v) is 6.36. The topological polar surface area (TPSA) is 93.4 Å². The van der Waals surface area contributed by atoms with E-state index in [1.807, 2.05) is 6.07 Å². The Morgan fingerprint density at radius 3 is 2.90 bits per heavy atom. The first-order chi connectivity index (χ1) is 10.0. The van der Waals surface area contributed by atoms with Crippen molar-refractivity contribution < 1.29 is 14.7 Å². The zero-order valence-electron chi connectivity index (χ0n) is 10.9. The summed E-state index contributed by atoms with van der Waals surface area (Å²) in [5.41, 5.74) is 0.971. The molecular formula is C13H12BrN3O3S. The first-order valence-corrected chi connectivity index (χ1v) is 8.05. The maximum Gasteiger partial charge on any atom is 0.327 e. The third-order valence-corrected chi connectivity index (χ3v) is 4.69. The molecule has 1 aliphatic rings. The molecule has 1 atom stereocenters. The van der Waals surface area contributed by atoms with E-state index in [2.05, 4.69) is 21.2 Å². The molecule has 0 saturated carbocycles. The quantitative estimate of drug-likeness (QED) is 0.834. The van der Waals surface area contributed by atoms with Gasteiger partial charge in [0, 0.05) is 22.5 Å². The van der Waals surface area contributed by atoms with Gasteiger partial charge >= 0.3 is 12.0 Å². The average Bonchev–Trinajstić information content (AvgIpc) is 2.49. The minimum atomic E-state index is -1.00. The first kappa shape index (κ1) is 15.7. The molecule has 1 saturated heterocycles. The molecule has 1 fully saturated rings. The van der Waals surface area contributed by atoms with Crippen molar-refractivity contribution in [2.45, 2.75) is 6.04 Å². The lowest BCUT2D eigenvalue weighted by atomic mass is 10.2. The molecule has 0 aliphatic carbocycles. The SMILES string of the molecule is N#Cc1ccc(NC(=O)N2CCSCC2C(=O)O)c(Br)c1. The van der Waals surface area contributed by atoms with Gasteiger partial charge in [-0.25, -0.2) is 9.59 Å². The van der Waals surface area contributed by atoms with E-state index in [0.29, 0.717) is 33.8 Å². The lowest BCUT2D eigenvalue weighted by molar-refractivity contribution is -0.141. The lowest BCUT2D eigenvalue weighted by Crippen LogP contribution is -2.51. The standard InChI is InChI=1S/C13H12BrN3O3S/c14-9-5-8(6-15)1-2-10(9)16-13(20)17-3-4-21-7-11(17)12(18)19/h1-2,5,11H,3-4,7H2,(H,16,20)(H,18,19). The Morgan fingerprint density at radius 1 is 1.52 bits per heavy atom. The van der Waals surface area contributed by atoms with Gasteiger partial charge in [-0.1, -0.05) is 0 Å². The molecule has 1 aromatic rings. The molecule has 1 aliphatic heterocycles. The summed E-state index contributed by atoms with van der Waals surface area (Å²) < 4.78 is 0.577. The fraction of sp³-hybridized carbons (Fsp3) is 0.308. The summed E-state index contributed by atoms with van der Waals surface area (Å²) in [5.74, 6) is 0.0968. The van der Waals surface area contributed by atoms with Crippen LogP contribution in [0, 0.1) is 11.3 Å². The van der Waals surface area contributed by atoms with E-state index in [9.17, 15) is 9.59 Å². The van der Waals surface area contributed by atoms with Gasteiger partial charge in [-0.3, -0.25) is 0 Å². The van der Waals surface area contributed by atoms with E-state index in [1.165, 1.54) is 16.7 Å². The fourth-order valence-corrected chi connectivity index (χ4v) is 3.44. The molecule has 2 amide bonds. The number of carbonyl (C=O) groups excluding carboxylic acids is 1. The molecule has 2 rings (SSSR count). The number of hydrogen-bond donors (Lipinski definition) is 2. The summed E-state index contributed by atoms with van der Waals surface area (Å²) >= 11 is 4.80. The van der Waals surface area contributed by atoms with Crippen molar-refractivity contribution in [1.29, 1.82) is 5.26 Å². The number of urea groups is 1. The van der Waals surface area contributed by atoms with E-state index in [1.54, 1.807) is 18.2 Å². The summed E-state index contributed by atoms with van der Waals surface area (Å²) in [6, 6.07) is 5.51. The maximum absolute atomic E-state index is 12.2. The van der Waals surface area contributed by atoms with Crippen LogP contribution in [-0.2, 0) is 4.79 Å². The first-order valence-electron chi connectivity index (χ1n) is 6.10. The minimum absolute atomic E-state index is 0.386. The second kappa shape index (κ2) is 6.83. The van der Waals surface area contributed by atoms with Crippen molar-refractivity contribution >= 4 is 45.4 Å². The average molecular weight is 370 g/mol. The van der Waals surface area contributed by atoms with Gasteiger partial charge in [0.05, 0.1) is 17.3 Å². The van der Waals surface area contributed by atoms with Crippen LogP contribution in [0.25, 0.3) is 0 Å². The van der Waals surface area contributed by atoms with Gasteiger partial charge in [-0.05, 0) is 34.1 Å². The van der Waals surface area contributed by atoms with Crippen LogP contribution in [0.4, 0.5) is 10.5 Å². The van der Waals surface area contributed by atoms with Crippen LogP contribution < -0.4 is 5.32 Å². The number of nitrogens with zero attached hydrogens (tertiary/aromatic N) is 2. The lowest BCUT2D eigenvalue weighted by Gasteiger charge is -2.32. The number of nitriles is 1. The number of halogens is 1. The second-order valence-electron chi connectivity index (χ2n) is 4.36.